The number of rotatable bonds is 3. The van der Waals surface area contributed by atoms with Gasteiger partial charge in [-0.05, 0) is 18.4 Å². The van der Waals surface area contributed by atoms with E-state index in [0.717, 1.165) is 4.88 Å². The number of carboxylic acid groups (broad SMARTS) is 1. The van der Waals surface area contributed by atoms with Crippen LogP contribution in [0, 0.1) is 0 Å². The van der Waals surface area contributed by atoms with Crippen LogP contribution in [0.25, 0.3) is 0 Å². The van der Waals surface area contributed by atoms with Gasteiger partial charge in [0.1, 0.15) is 12.1 Å². The third kappa shape index (κ3) is 2.38. The number of thioether (sulfide) groups is 1. The third-order valence-electron chi connectivity index (χ3n) is 2.88. The maximum absolute atomic E-state index is 12.3. The molecule has 2 rings (SSSR count). The summed E-state index contributed by atoms with van der Waals surface area (Å²) in [6.45, 7) is 1.83. The molecule has 5 nitrogen and oxygen atoms in total. The highest BCUT2D eigenvalue weighted by atomic mass is 32.2. The van der Waals surface area contributed by atoms with Crippen LogP contribution in [-0.2, 0) is 9.59 Å². The SMILES string of the molecule is CC1SCC(C(=O)O)N1C(=O)C(N)c1cccs1. The van der Waals surface area contributed by atoms with Gasteiger partial charge in [-0.2, -0.15) is 0 Å². The normalized spacial score (nSPS) is 25.1. The molecule has 1 aromatic heterocycles. The van der Waals surface area contributed by atoms with Crippen LogP contribution >= 0.6 is 23.1 Å². The molecule has 0 spiro atoms. The van der Waals surface area contributed by atoms with Crippen LogP contribution in [0.3, 0.4) is 0 Å². The number of hydrogen-bond donors (Lipinski definition) is 2. The average Bonchev–Trinajstić information content (AvgIpc) is 2.95. The van der Waals surface area contributed by atoms with Gasteiger partial charge in [0.05, 0.1) is 5.37 Å². The van der Waals surface area contributed by atoms with Gasteiger partial charge in [-0.3, -0.25) is 4.79 Å². The van der Waals surface area contributed by atoms with Crippen molar-refractivity contribution in [1.82, 2.24) is 4.90 Å². The largest absolute Gasteiger partial charge is 0.480 e. The zero-order chi connectivity index (χ0) is 13.3. The van der Waals surface area contributed by atoms with E-state index < -0.39 is 18.1 Å². The van der Waals surface area contributed by atoms with Gasteiger partial charge in [0.25, 0.3) is 0 Å². The molecule has 1 saturated heterocycles. The summed E-state index contributed by atoms with van der Waals surface area (Å²) >= 11 is 2.86. The molecule has 0 bridgehead atoms. The van der Waals surface area contributed by atoms with E-state index in [9.17, 15) is 9.59 Å². The molecular weight excluding hydrogens is 272 g/mol. The Hall–Kier alpha value is -1.05. The van der Waals surface area contributed by atoms with Crippen LogP contribution in [0.5, 0.6) is 0 Å². The Balaban J connectivity index is 2.19. The molecule has 1 aliphatic rings. The highest BCUT2D eigenvalue weighted by molar-refractivity contribution is 8.00. The predicted octanol–water partition coefficient (Wildman–Crippen LogP) is 1.12. The number of hydrogen-bond acceptors (Lipinski definition) is 5. The summed E-state index contributed by atoms with van der Waals surface area (Å²) in [6.07, 6.45) is 0. The molecule has 0 radical (unpaired) electrons. The van der Waals surface area contributed by atoms with E-state index in [1.807, 2.05) is 18.4 Å². The predicted molar refractivity (Wildman–Crippen MR) is 71.4 cm³/mol. The molecule has 0 aliphatic carbocycles. The first-order chi connectivity index (χ1) is 8.52. The summed E-state index contributed by atoms with van der Waals surface area (Å²) in [5.74, 6) is -0.875. The van der Waals surface area contributed by atoms with Gasteiger partial charge < -0.3 is 15.7 Å². The van der Waals surface area contributed by atoms with E-state index in [1.54, 1.807) is 6.07 Å². The van der Waals surface area contributed by atoms with Crippen molar-refractivity contribution in [2.24, 2.45) is 5.73 Å². The van der Waals surface area contributed by atoms with Crippen molar-refractivity contribution in [2.45, 2.75) is 24.4 Å². The summed E-state index contributed by atoms with van der Waals surface area (Å²) in [5.41, 5.74) is 5.90. The van der Waals surface area contributed by atoms with E-state index in [4.69, 9.17) is 10.8 Å². The van der Waals surface area contributed by atoms with Crippen molar-refractivity contribution in [3.8, 4) is 0 Å². The second-order valence-electron chi connectivity index (χ2n) is 4.03. The molecule has 3 atom stereocenters. The van der Waals surface area contributed by atoms with E-state index in [-0.39, 0.29) is 11.3 Å². The minimum Gasteiger partial charge on any atom is -0.480 e. The summed E-state index contributed by atoms with van der Waals surface area (Å²) in [4.78, 5) is 25.6. The summed E-state index contributed by atoms with van der Waals surface area (Å²) < 4.78 is 0. The lowest BCUT2D eigenvalue weighted by Gasteiger charge is -2.27. The van der Waals surface area contributed by atoms with Crippen LogP contribution in [0.1, 0.15) is 17.8 Å². The monoisotopic (exact) mass is 286 g/mol. The molecule has 0 saturated carbocycles. The topological polar surface area (TPSA) is 83.6 Å². The quantitative estimate of drug-likeness (QED) is 0.870. The zero-order valence-electron chi connectivity index (χ0n) is 9.78. The molecule has 1 aromatic rings. The molecule has 1 fully saturated rings. The lowest BCUT2D eigenvalue weighted by Crippen LogP contribution is -2.48. The zero-order valence-corrected chi connectivity index (χ0v) is 11.4. The minimum atomic E-state index is -0.974. The van der Waals surface area contributed by atoms with E-state index in [0.29, 0.717) is 5.75 Å². The second-order valence-corrected chi connectivity index (χ2v) is 6.35. The summed E-state index contributed by atoms with van der Waals surface area (Å²) in [7, 11) is 0. The van der Waals surface area contributed by atoms with E-state index in [1.165, 1.54) is 28.0 Å². The number of nitrogens with two attached hydrogens (primary N) is 1. The Morgan fingerprint density at radius 1 is 1.61 bits per heavy atom. The van der Waals surface area contributed by atoms with Gasteiger partial charge in [-0.25, -0.2) is 4.79 Å². The Labute approximate surface area is 113 Å². The number of carbonyl (C=O) groups excluding carboxylic acids is 1. The van der Waals surface area contributed by atoms with Crippen LogP contribution < -0.4 is 5.73 Å². The van der Waals surface area contributed by atoms with Gasteiger partial charge in [-0.1, -0.05) is 6.07 Å². The van der Waals surface area contributed by atoms with Gasteiger partial charge in [0, 0.05) is 10.6 Å². The van der Waals surface area contributed by atoms with Crippen LogP contribution in [0.15, 0.2) is 17.5 Å². The second kappa shape index (κ2) is 5.29. The van der Waals surface area contributed by atoms with E-state index >= 15 is 0 Å². The first kappa shape index (κ1) is 13.4. The molecular formula is C11H14N2O3S2. The molecule has 7 heteroatoms. The molecule has 1 aliphatic heterocycles. The highest BCUT2D eigenvalue weighted by Crippen LogP contribution is 2.31. The van der Waals surface area contributed by atoms with Gasteiger partial charge in [-0.15, -0.1) is 23.1 Å². The Morgan fingerprint density at radius 2 is 2.33 bits per heavy atom. The maximum atomic E-state index is 12.3. The van der Waals surface area contributed by atoms with Crippen molar-refractivity contribution in [2.75, 3.05) is 5.75 Å². The van der Waals surface area contributed by atoms with Crippen molar-refractivity contribution >= 4 is 35.0 Å². The lowest BCUT2D eigenvalue weighted by molar-refractivity contribution is -0.149. The minimum absolute atomic E-state index is 0.149. The fraction of sp³-hybridized carbons (Fsp3) is 0.455. The van der Waals surface area contributed by atoms with Crippen molar-refractivity contribution < 1.29 is 14.7 Å². The highest BCUT2D eigenvalue weighted by Gasteiger charge is 2.41. The first-order valence-electron chi connectivity index (χ1n) is 5.48. The van der Waals surface area contributed by atoms with Crippen molar-refractivity contribution in [1.29, 1.82) is 0 Å². The average molecular weight is 286 g/mol. The maximum Gasteiger partial charge on any atom is 0.327 e. The van der Waals surface area contributed by atoms with E-state index in [2.05, 4.69) is 0 Å². The fourth-order valence-corrected chi connectivity index (χ4v) is 3.81. The smallest absolute Gasteiger partial charge is 0.327 e. The number of carbonyl (C=O) groups is 2. The summed E-state index contributed by atoms with van der Waals surface area (Å²) in [5, 5.41) is 10.8. The standard InChI is InChI=1S/C11H14N2O3S2/c1-6-13(7(5-18-6)11(15)16)10(14)9(12)8-3-2-4-17-8/h2-4,6-7,9H,5,12H2,1H3,(H,15,16). The molecule has 2 heterocycles. The first-order valence-corrected chi connectivity index (χ1v) is 7.40. The number of nitrogens with zero attached hydrogens (tertiary/aromatic N) is 1. The molecule has 0 aromatic carbocycles. The molecule has 3 unspecified atom stereocenters. The molecule has 3 N–H and O–H groups in total. The molecule has 98 valence electrons. The van der Waals surface area contributed by atoms with Crippen molar-refractivity contribution in [3.63, 3.8) is 0 Å². The number of thiophene rings is 1. The Morgan fingerprint density at radius 3 is 2.89 bits per heavy atom. The van der Waals surface area contributed by atoms with Crippen molar-refractivity contribution in [3.05, 3.63) is 22.4 Å². The molecule has 18 heavy (non-hydrogen) atoms. The van der Waals surface area contributed by atoms with Crippen LogP contribution in [0.4, 0.5) is 0 Å². The van der Waals surface area contributed by atoms with Gasteiger partial charge in [0.2, 0.25) is 5.91 Å². The lowest BCUT2D eigenvalue weighted by atomic mass is 10.2. The van der Waals surface area contributed by atoms with Crippen LogP contribution in [0.2, 0.25) is 0 Å². The third-order valence-corrected chi connectivity index (χ3v) is 5.05. The number of amides is 1. The van der Waals surface area contributed by atoms with Gasteiger partial charge >= 0.3 is 5.97 Å². The number of aliphatic carboxylic acids is 1. The Kier molecular flexibility index (Phi) is 3.94. The number of carboxylic acids is 1. The Bertz CT molecular complexity index is 449. The van der Waals surface area contributed by atoms with Gasteiger partial charge in [0.15, 0.2) is 0 Å². The molecule has 1 amide bonds. The van der Waals surface area contributed by atoms with Crippen LogP contribution in [-0.4, -0.2) is 39.1 Å². The fourth-order valence-electron chi connectivity index (χ4n) is 1.92. The summed E-state index contributed by atoms with van der Waals surface area (Å²) in [6, 6.07) is 2.07.